The Labute approximate surface area is 139 Å². The Bertz CT molecular complexity index is 801. The number of aromatic nitrogens is 5. The second-order valence-corrected chi connectivity index (χ2v) is 5.37. The van der Waals surface area contributed by atoms with Crippen LogP contribution in [0.15, 0.2) is 91.4 Å². The third kappa shape index (κ3) is 2.87. The molecule has 0 saturated heterocycles. The highest BCUT2D eigenvalue weighted by Crippen LogP contribution is 2.17. The van der Waals surface area contributed by atoms with Gasteiger partial charge in [-0.15, -0.1) is 0 Å². The van der Waals surface area contributed by atoms with Crippen LogP contribution in [0.25, 0.3) is 22.6 Å². The smallest absolute Gasteiger partial charge is 0.101 e. The predicted molar refractivity (Wildman–Crippen MR) is 94.7 cm³/mol. The van der Waals surface area contributed by atoms with Gasteiger partial charge in [0, 0.05) is 11.8 Å². The van der Waals surface area contributed by atoms with Crippen molar-refractivity contribution in [3.05, 3.63) is 91.4 Å². The van der Waals surface area contributed by atoms with Gasteiger partial charge in [0.25, 0.3) is 0 Å². The van der Waals surface area contributed by atoms with Crippen LogP contribution in [0.2, 0.25) is 0 Å². The zero-order chi connectivity index (χ0) is 16.2. The summed E-state index contributed by atoms with van der Waals surface area (Å²) in [6, 6.07) is 24.3. The summed E-state index contributed by atoms with van der Waals surface area (Å²) < 4.78 is 1.98. The minimum Gasteiger partial charge on any atom is -0.276 e. The molecule has 4 aromatic rings. The van der Waals surface area contributed by atoms with Gasteiger partial charge in [-0.2, -0.15) is 4.80 Å². The van der Waals surface area contributed by atoms with Crippen LogP contribution in [0, 0.1) is 0 Å². The minimum atomic E-state index is 0.917. The zero-order valence-electron chi connectivity index (χ0n) is 13.0. The first-order valence-electron chi connectivity index (χ1n) is 7.75. The number of para-hydroxylation sites is 1. The highest BCUT2D eigenvalue weighted by molar-refractivity contribution is 5.57. The summed E-state index contributed by atoms with van der Waals surface area (Å²) in [7, 11) is 0. The molecule has 5 nitrogen and oxygen atoms in total. The first kappa shape index (κ1) is 14.1. The molecule has 5 heteroatoms. The average Bonchev–Trinajstić information content (AvgIpc) is 2.70. The minimum absolute atomic E-state index is 0.917. The molecule has 24 heavy (non-hydrogen) atoms. The third-order valence-corrected chi connectivity index (χ3v) is 3.72. The monoisotopic (exact) mass is 315 g/mol. The van der Waals surface area contributed by atoms with Crippen LogP contribution in [0.3, 0.4) is 0 Å². The molecule has 0 unspecified atom stereocenters. The standard InChI is InChI=1S/C19H17N5/c1-3-8-16(9-4-1)19-15-23(17-10-5-2-6-11-17)22-24(21-19)18-12-7-13-20-14-18/h1-15,21-22H. The van der Waals surface area contributed by atoms with E-state index in [1.165, 1.54) is 0 Å². The first-order valence-corrected chi connectivity index (χ1v) is 7.75. The van der Waals surface area contributed by atoms with E-state index < -0.39 is 0 Å². The molecule has 0 radical (unpaired) electrons. The third-order valence-electron chi connectivity index (χ3n) is 3.72. The van der Waals surface area contributed by atoms with Gasteiger partial charge >= 0.3 is 0 Å². The Balaban J connectivity index is 1.92. The summed E-state index contributed by atoms with van der Waals surface area (Å²) in [5.74, 6) is 0. The average molecular weight is 315 g/mol. The molecule has 0 fully saturated rings. The Morgan fingerprint density at radius 3 is 2.17 bits per heavy atom. The molecule has 0 atom stereocenters. The number of nitrogens with one attached hydrogen (secondary N) is 2. The van der Waals surface area contributed by atoms with Gasteiger partial charge in [0.1, 0.15) is 5.69 Å². The normalized spacial score (nSPS) is 10.5. The quantitative estimate of drug-likeness (QED) is 0.587. The molecule has 0 aliphatic carbocycles. The van der Waals surface area contributed by atoms with Crippen LogP contribution in [0.1, 0.15) is 0 Å². The summed E-state index contributed by atoms with van der Waals surface area (Å²) in [6.45, 7) is 0. The molecule has 0 aliphatic rings. The van der Waals surface area contributed by atoms with Gasteiger partial charge in [-0.25, -0.2) is 9.90 Å². The van der Waals surface area contributed by atoms with Crippen molar-refractivity contribution in [1.82, 2.24) is 24.8 Å². The SMILES string of the molecule is c1ccc(-c2cn(-c3ccccc3)[nH]n(-c3cccnc3)[nH]2)cc1. The Morgan fingerprint density at radius 2 is 1.46 bits per heavy atom. The van der Waals surface area contributed by atoms with E-state index in [0.717, 1.165) is 22.6 Å². The second kappa shape index (κ2) is 6.34. The fraction of sp³-hybridized carbons (Fsp3) is 0. The number of hydrogen-bond donors (Lipinski definition) is 2. The molecule has 2 aromatic heterocycles. The molecule has 0 bridgehead atoms. The van der Waals surface area contributed by atoms with E-state index in [0.29, 0.717) is 0 Å². The van der Waals surface area contributed by atoms with Crippen molar-refractivity contribution in [3.8, 4) is 22.6 Å². The van der Waals surface area contributed by atoms with Crippen LogP contribution >= 0.6 is 0 Å². The van der Waals surface area contributed by atoms with E-state index in [2.05, 4.69) is 39.6 Å². The zero-order valence-corrected chi connectivity index (χ0v) is 13.0. The van der Waals surface area contributed by atoms with E-state index in [-0.39, 0.29) is 0 Å². The van der Waals surface area contributed by atoms with Gasteiger partial charge in [0.2, 0.25) is 0 Å². The van der Waals surface area contributed by atoms with Crippen LogP contribution in [0.5, 0.6) is 0 Å². The predicted octanol–water partition coefficient (Wildman–Crippen LogP) is 4.11. The van der Waals surface area contributed by atoms with Crippen molar-refractivity contribution in [2.24, 2.45) is 0 Å². The number of rotatable bonds is 3. The summed E-state index contributed by atoms with van der Waals surface area (Å²) in [5.41, 5.74) is 4.05. The van der Waals surface area contributed by atoms with E-state index in [1.807, 2.05) is 64.2 Å². The summed E-state index contributed by atoms with van der Waals surface area (Å²) >= 11 is 0. The lowest BCUT2D eigenvalue weighted by atomic mass is 10.2. The molecule has 2 N–H and O–H groups in total. The fourth-order valence-electron chi connectivity index (χ4n) is 2.53. The molecule has 2 aromatic carbocycles. The molecule has 0 aliphatic heterocycles. The summed E-state index contributed by atoms with van der Waals surface area (Å²) in [5, 5.41) is 6.71. The molecule has 0 amide bonds. The topological polar surface area (TPSA) is 54.3 Å². The first-order chi connectivity index (χ1) is 11.9. The molecule has 0 saturated carbocycles. The Hall–Kier alpha value is -3.47. The van der Waals surface area contributed by atoms with Crippen molar-refractivity contribution < 1.29 is 0 Å². The largest absolute Gasteiger partial charge is 0.276 e. The van der Waals surface area contributed by atoms with Crippen molar-refractivity contribution in [1.29, 1.82) is 0 Å². The number of hydrogen-bond acceptors (Lipinski definition) is 1. The maximum absolute atomic E-state index is 4.20. The Kier molecular flexibility index (Phi) is 3.73. The van der Waals surface area contributed by atoms with Gasteiger partial charge in [-0.05, 0) is 24.3 Å². The van der Waals surface area contributed by atoms with E-state index >= 15 is 0 Å². The molecular formula is C19H17N5. The van der Waals surface area contributed by atoms with Gasteiger partial charge in [0.05, 0.1) is 23.8 Å². The van der Waals surface area contributed by atoms with Crippen LogP contribution < -0.4 is 0 Å². The summed E-state index contributed by atoms with van der Waals surface area (Å²) in [4.78, 5) is 6.05. The highest BCUT2D eigenvalue weighted by atomic mass is 15.6. The second-order valence-electron chi connectivity index (χ2n) is 5.37. The van der Waals surface area contributed by atoms with E-state index in [9.17, 15) is 0 Å². The fourth-order valence-corrected chi connectivity index (χ4v) is 2.53. The van der Waals surface area contributed by atoms with E-state index in [1.54, 1.807) is 12.4 Å². The van der Waals surface area contributed by atoms with Crippen LogP contribution in [-0.2, 0) is 0 Å². The lowest BCUT2D eigenvalue weighted by Crippen LogP contribution is -2.15. The van der Waals surface area contributed by atoms with Crippen LogP contribution in [-0.4, -0.2) is 24.8 Å². The molecule has 2 heterocycles. The summed E-state index contributed by atoms with van der Waals surface area (Å²) in [6.07, 6.45) is 5.60. The van der Waals surface area contributed by atoms with E-state index in [4.69, 9.17) is 0 Å². The number of aromatic amines is 2. The molecule has 4 rings (SSSR count). The highest BCUT2D eigenvalue weighted by Gasteiger charge is 2.04. The van der Waals surface area contributed by atoms with Gasteiger partial charge in [-0.3, -0.25) is 10.1 Å². The number of pyridine rings is 1. The lowest BCUT2D eigenvalue weighted by Gasteiger charge is -2.16. The van der Waals surface area contributed by atoms with Crippen molar-refractivity contribution in [2.45, 2.75) is 0 Å². The number of benzene rings is 2. The van der Waals surface area contributed by atoms with Gasteiger partial charge < -0.3 is 0 Å². The van der Waals surface area contributed by atoms with Crippen LogP contribution in [0.4, 0.5) is 0 Å². The molecule has 0 spiro atoms. The van der Waals surface area contributed by atoms with Crippen molar-refractivity contribution >= 4 is 0 Å². The van der Waals surface area contributed by atoms with Gasteiger partial charge in [-0.1, -0.05) is 48.5 Å². The molecular weight excluding hydrogens is 298 g/mol. The van der Waals surface area contributed by atoms with Gasteiger partial charge in [0.15, 0.2) is 0 Å². The van der Waals surface area contributed by atoms with Crippen molar-refractivity contribution in [2.75, 3.05) is 0 Å². The number of H-pyrrole nitrogens is 2. The maximum atomic E-state index is 4.20. The Morgan fingerprint density at radius 1 is 0.750 bits per heavy atom. The lowest BCUT2D eigenvalue weighted by molar-refractivity contribution is 0.585. The molecule has 118 valence electrons. The maximum Gasteiger partial charge on any atom is 0.101 e. The van der Waals surface area contributed by atoms with Crippen molar-refractivity contribution in [3.63, 3.8) is 0 Å². The number of nitrogens with zero attached hydrogens (tertiary/aromatic N) is 3.